The van der Waals surface area contributed by atoms with Crippen LogP contribution in [-0.4, -0.2) is 68.5 Å². The fourth-order valence-electron chi connectivity index (χ4n) is 7.68. The number of phosphoric ester groups is 1. The normalized spacial score (nSPS) is 14.2. The Morgan fingerprint density at radius 2 is 0.932 bits per heavy atom. The Kier molecular flexibility index (Phi) is 42.0. The summed E-state index contributed by atoms with van der Waals surface area (Å²) in [6, 6.07) is -0.801. The molecule has 0 aromatic rings. The number of amides is 1. The Balaban J connectivity index is 4.23. The highest BCUT2D eigenvalue weighted by Crippen LogP contribution is 2.38. The summed E-state index contributed by atoms with van der Waals surface area (Å²) in [6.45, 7) is 4.74. The fraction of sp³-hybridized carbons (Fsp3) is 0.940. The molecule has 59 heavy (non-hydrogen) atoms. The van der Waals surface area contributed by atoms with Crippen LogP contribution in [0.25, 0.3) is 0 Å². The van der Waals surface area contributed by atoms with Gasteiger partial charge in [0.2, 0.25) is 5.91 Å². The molecule has 0 saturated carbocycles. The van der Waals surface area contributed by atoms with Crippen molar-refractivity contribution >= 4 is 13.7 Å². The van der Waals surface area contributed by atoms with Gasteiger partial charge in [-0.1, -0.05) is 219 Å². The van der Waals surface area contributed by atoms with E-state index in [2.05, 4.69) is 31.3 Å². The second-order valence-electron chi connectivity index (χ2n) is 18.9. The minimum atomic E-state index is -4.57. The third-order valence-electron chi connectivity index (χ3n) is 11.8. The van der Waals surface area contributed by atoms with Gasteiger partial charge in [0.05, 0.1) is 39.9 Å². The van der Waals surface area contributed by atoms with Crippen LogP contribution < -0.4 is 10.2 Å². The van der Waals surface area contributed by atoms with Crippen molar-refractivity contribution in [1.29, 1.82) is 0 Å². The molecule has 0 bridgehead atoms. The number of phosphoric acid groups is 1. The number of carbonyl (C=O) groups is 1. The van der Waals surface area contributed by atoms with Crippen LogP contribution in [0, 0.1) is 0 Å². The predicted molar refractivity (Wildman–Crippen MR) is 252 cm³/mol. The number of hydrogen-bond acceptors (Lipinski definition) is 6. The highest BCUT2D eigenvalue weighted by atomic mass is 31.2. The van der Waals surface area contributed by atoms with Crippen molar-refractivity contribution in [2.75, 3.05) is 40.9 Å². The van der Waals surface area contributed by atoms with E-state index in [9.17, 15) is 19.4 Å². The summed E-state index contributed by atoms with van der Waals surface area (Å²) in [6.07, 6.45) is 49.4. The second kappa shape index (κ2) is 42.5. The van der Waals surface area contributed by atoms with Gasteiger partial charge in [-0.25, -0.2) is 0 Å². The molecule has 0 saturated heterocycles. The molecule has 9 heteroatoms. The highest BCUT2D eigenvalue weighted by molar-refractivity contribution is 7.45. The SMILES string of the molecule is CCCCCCCC/C=C\CCCCCCCC(=O)NC(COP(=O)([O-])OCC[N+](C)(C)C)C(O)CCCCCCCCCCCCCCCCCCCCCCCC. The molecule has 0 aromatic carbocycles. The van der Waals surface area contributed by atoms with E-state index in [1.54, 1.807) is 0 Å². The first-order valence-corrected chi connectivity index (χ1v) is 27.0. The lowest BCUT2D eigenvalue weighted by Gasteiger charge is -2.30. The number of carbonyl (C=O) groups excluding carboxylic acids is 1. The summed E-state index contributed by atoms with van der Waals surface area (Å²) in [5, 5.41) is 14.0. The Morgan fingerprint density at radius 1 is 0.576 bits per heavy atom. The summed E-state index contributed by atoms with van der Waals surface area (Å²) < 4.78 is 23.3. The lowest BCUT2D eigenvalue weighted by Crippen LogP contribution is -2.46. The van der Waals surface area contributed by atoms with E-state index >= 15 is 0 Å². The molecule has 0 aliphatic rings. The minimum Gasteiger partial charge on any atom is -0.756 e. The largest absolute Gasteiger partial charge is 0.756 e. The smallest absolute Gasteiger partial charge is 0.268 e. The molecule has 8 nitrogen and oxygen atoms in total. The number of aliphatic hydroxyl groups excluding tert-OH is 1. The molecular formula is C50H101N2O6P. The van der Waals surface area contributed by atoms with Gasteiger partial charge >= 0.3 is 0 Å². The van der Waals surface area contributed by atoms with Gasteiger partial charge in [-0.2, -0.15) is 0 Å². The molecule has 3 unspecified atom stereocenters. The van der Waals surface area contributed by atoms with Crippen LogP contribution in [0.2, 0.25) is 0 Å². The van der Waals surface area contributed by atoms with Crippen molar-refractivity contribution in [3.05, 3.63) is 12.2 Å². The number of nitrogens with one attached hydrogen (secondary N) is 1. The van der Waals surface area contributed by atoms with Crippen LogP contribution >= 0.6 is 7.82 Å². The Hall–Kier alpha value is -0.760. The zero-order valence-corrected chi connectivity index (χ0v) is 40.9. The molecule has 2 N–H and O–H groups in total. The molecule has 0 aromatic heterocycles. The molecule has 352 valence electrons. The number of hydrogen-bond donors (Lipinski definition) is 2. The fourth-order valence-corrected chi connectivity index (χ4v) is 8.41. The average molecular weight is 857 g/mol. The zero-order chi connectivity index (χ0) is 43.6. The maximum Gasteiger partial charge on any atom is 0.268 e. The Bertz CT molecular complexity index is 974. The summed E-state index contributed by atoms with van der Waals surface area (Å²) >= 11 is 0. The predicted octanol–water partition coefficient (Wildman–Crippen LogP) is 14.1. The number of unbranched alkanes of at least 4 members (excludes halogenated alkanes) is 32. The quantitative estimate of drug-likeness (QED) is 0.0273. The van der Waals surface area contributed by atoms with E-state index in [4.69, 9.17) is 9.05 Å². The number of rotatable bonds is 47. The van der Waals surface area contributed by atoms with Crippen molar-refractivity contribution in [2.24, 2.45) is 0 Å². The van der Waals surface area contributed by atoms with Crippen molar-refractivity contribution in [3.63, 3.8) is 0 Å². The lowest BCUT2D eigenvalue weighted by molar-refractivity contribution is -0.870. The monoisotopic (exact) mass is 857 g/mol. The molecule has 3 atom stereocenters. The number of allylic oxidation sites excluding steroid dienone is 2. The molecule has 0 radical (unpaired) electrons. The first kappa shape index (κ1) is 58.2. The summed E-state index contributed by atoms with van der Waals surface area (Å²) in [5.41, 5.74) is 0. The topological polar surface area (TPSA) is 108 Å². The van der Waals surface area contributed by atoms with Crippen LogP contribution in [0.3, 0.4) is 0 Å². The third-order valence-corrected chi connectivity index (χ3v) is 12.7. The van der Waals surface area contributed by atoms with Crippen LogP contribution in [0.4, 0.5) is 0 Å². The number of nitrogens with zero attached hydrogens (tertiary/aromatic N) is 1. The summed E-state index contributed by atoms with van der Waals surface area (Å²) in [5.74, 6) is -0.170. The molecule has 1 amide bonds. The van der Waals surface area contributed by atoms with Crippen LogP contribution in [0.5, 0.6) is 0 Å². The van der Waals surface area contributed by atoms with Gasteiger partial charge in [-0.05, 0) is 38.5 Å². The van der Waals surface area contributed by atoms with Crippen molar-refractivity contribution < 1.29 is 32.9 Å². The molecular weight excluding hydrogens is 756 g/mol. The lowest BCUT2D eigenvalue weighted by atomic mass is 10.0. The Labute approximate surface area is 367 Å². The molecule has 0 heterocycles. The molecule has 0 aliphatic heterocycles. The average Bonchev–Trinajstić information content (AvgIpc) is 3.19. The van der Waals surface area contributed by atoms with E-state index in [0.29, 0.717) is 23.9 Å². The van der Waals surface area contributed by atoms with Crippen LogP contribution in [0.15, 0.2) is 12.2 Å². The van der Waals surface area contributed by atoms with Gasteiger partial charge in [-0.15, -0.1) is 0 Å². The van der Waals surface area contributed by atoms with Gasteiger partial charge in [0, 0.05) is 6.42 Å². The number of aliphatic hydroxyl groups is 1. The van der Waals surface area contributed by atoms with Crippen molar-refractivity contribution in [2.45, 2.75) is 264 Å². The number of quaternary nitrogens is 1. The van der Waals surface area contributed by atoms with Gasteiger partial charge in [-0.3, -0.25) is 9.36 Å². The summed E-state index contributed by atoms with van der Waals surface area (Å²) in [4.78, 5) is 25.4. The van der Waals surface area contributed by atoms with E-state index in [0.717, 1.165) is 51.4 Å². The van der Waals surface area contributed by atoms with Gasteiger partial charge in [0.1, 0.15) is 13.2 Å². The highest BCUT2D eigenvalue weighted by Gasteiger charge is 2.24. The van der Waals surface area contributed by atoms with Crippen molar-refractivity contribution in [1.82, 2.24) is 5.32 Å². The first-order chi connectivity index (χ1) is 28.5. The maximum absolute atomic E-state index is 12.9. The zero-order valence-electron chi connectivity index (χ0n) is 40.0. The maximum atomic E-state index is 12.9. The van der Waals surface area contributed by atoms with E-state index in [1.165, 1.54) is 173 Å². The molecule has 0 spiro atoms. The second-order valence-corrected chi connectivity index (χ2v) is 20.3. The molecule has 0 aliphatic carbocycles. The summed E-state index contributed by atoms with van der Waals surface area (Å²) in [7, 11) is 1.31. The van der Waals surface area contributed by atoms with Crippen LogP contribution in [-0.2, 0) is 18.4 Å². The first-order valence-electron chi connectivity index (χ1n) is 25.5. The minimum absolute atomic E-state index is 0.0127. The molecule has 0 rings (SSSR count). The standard InChI is InChI=1S/C50H101N2O6P/c1-6-8-10-12-14-16-18-20-22-23-24-25-26-27-28-30-31-33-35-37-39-41-43-49(53)48(47-58-59(55,56)57-46-45-52(3,4)5)51-50(54)44-42-40-38-36-34-32-29-21-19-17-15-13-11-9-7-2/h21,29,48-49,53H,6-20,22-28,30-47H2,1-5H3,(H-,51,54,55,56)/b29-21-. The van der Waals surface area contributed by atoms with E-state index < -0.39 is 20.0 Å². The number of likely N-dealkylation sites (N-methyl/N-ethyl adjacent to an activating group) is 1. The van der Waals surface area contributed by atoms with Gasteiger partial charge in [0.15, 0.2) is 0 Å². The van der Waals surface area contributed by atoms with E-state index in [-0.39, 0.29) is 19.1 Å². The third kappa shape index (κ3) is 45.1. The molecule has 0 fully saturated rings. The van der Waals surface area contributed by atoms with E-state index in [1.807, 2.05) is 21.1 Å². The Morgan fingerprint density at radius 3 is 1.32 bits per heavy atom. The van der Waals surface area contributed by atoms with Crippen molar-refractivity contribution in [3.8, 4) is 0 Å². The van der Waals surface area contributed by atoms with Crippen LogP contribution in [0.1, 0.15) is 251 Å². The van der Waals surface area contributed by atoms with Gasteiger partial charge in [0.25, 0.3) is 7.82 Å². The van der Waals surface area contributed by atoms with Gasteiger partial charge < -0.3 is 28.8 Å².